The van der Waals surface area contributed by atoms with Gasteiger partial charge in [0.1, 0.15) is 0 Å². The molecule has 134 valence electrons. The number of carbonyl (C=O) groups excluding carboxylic acids is 1. The predicted molar refractivity (Wildman–Crippen MR) is 112 cm³/mol. The van der Waals surface area contributed by atoms with Crippen LogP contribution in [0.3, 0.4) is 0 Å². The summed E-state index contributed by atoms with van der Waals surface area (Å²) in [6.45, 7) is 0. The van der Waals surface area contributed by atoms with Crippen LogP contribution in [-0.2, 0) is 0 Å². The van der Waals surface area contributed by atoms with Crippen LogP contribution in [0.25, 0.3) is 11.6 Å². The number of nitrogens with one attached hydrogen (secondary N) is 1. The average Bonchev–Trinajstić information content (AvgIpc) is 3.19. The summed E-state index contributed by atoms with van der Waals surface area (Å²) < 4.78 is 1.52. The molecule has 0 saturated carbocycles. The van der Waals surface area contributed by atoms with Gasteiger partial charge in [-0.25, -0.2) is 0 Å². The summed E-state index contributed by atoms with van der Waals surface area (Å²) in [6, 6.07) is 14.2. The van der Waals surface area contributed by atoms with Crippen molar-refractivity contribution in [3.05, 3.63) is 73.5 Å². The summed E-state index contributed by atoms with van der Waals surface area (Å²) in [5.41, 5.74) is 5.74. The van der Waals surface area contributed by atoms with E-state index in [-0.39, 0.29) is 5.88 Å². The quantitative estimate of drug-likeness (QED) is 0.574. The molecule has 0 fully saturated rings. The van der Waals surface area contributed by atoms with E-state index in [0.29, 0.717) is 19.4 Å². The lowest BCUT2D eigenvalue weighted by molar-refractivity contribution is 0.101. The van der Waals surface area contributed by atoms with E-state index in [2.05, 4.69) is 10.4 Å². The summed E-state index contributed by atoms with van der Waals surface area (Å²) >= 11 is 12.3. The Morgan fingerprint density at radius 3 is 2.74 bits per heavy atom. The van der Waals surface area contributed by atoms with E-state index in [1.807, 2.05) is 24.3 Å². The molecular formula is C19H12ClN3O2S2. The number of aromatic hydroxyl groups is 1. The molecule has 5 nitrogen and oxygen atoms in total. The second-order valence-corrected chi connectivity index (χ2v) is 7.83. The van der Waals surface area contributed by atoms with Crippen LogP contribution in [0, 0.1) is 3.95 Å². The Morgan fingerprint density at radius 2 is 1.96 bits per heavy atom. The van der Waals surface area contributed by atoms with Gasteiger partial charge in [0.25, 0.3) is 5.91 Å². The first kappa shape index (κ1) is 17.7. The average molecular weight is 414 g/mol. The largest absolute Gasteiger partial charge is 0.492 e. The highest BCUT2D eigenvalue weighted by molar-refractivity contribution is 7.73. The topological polar surface area (TPSA) is 66.6 Å². The third kappa shape index (κ3) is 3.44. The SMILES string of the molecule is O=C(Nn1c(O)c(/C=C2\C=Nc3ccccc32)sc1=S)c1ccc(Cl)cc1. The minimum Gasteiger partial charge on any atom is -0.492 e. The lowest BCUT2D eigenvalue weighted by Gasteiger charge is -2.07. The van der Waals surface area contributed by atoms with E-state index in [1.165, 1.54) is 16.0 Å². The minimum atomic E-state index is -0.400. The zero-order chi connectivity index (χ0) is 19.0. The molecule has 8 heteroatoms. The maximum absolute atomic E-state index is 12.4. The van der Waals surface area contributed by atoms with Crippen LogP contribution in [0.1, 0.15) is 20.8 Å². The molecule has 27 heavy (non-hydrogen) atoms. The van der Waals surface area contributed by atoms with Gasteiger partial charge in [0, 0.05) is 27.9 Å². The lowest BCUT2D eigenvalue weighted by Crippen LogP contribution is -2.22. The summed E-state index contributed by atoms with van der Waals surface area (Å²) in [6.07, 6.45) is 3.54. The van der Waals surface area contributed by atoms with Crippen molar-refractivity contribution >= 4 is 64.6 Å². The predicted octanol–water partition coefficient (Wildman–Crippen LogP) is 5.28. The van der Waals surface area contributed by atoms with Crippen molar-refractivity contribution in [2.45, 2.75) is 0 Å². The monoisotopic (exact) mass is 413 g/mol. The molecule has 3 aromatic rings. The van der Waals surface area contributed by atoms with Crippen LogP contribution < -0.4 is 5.43 Å². The number of aliphatic imine (C=N–C) groups is 1. The van der Waals surface area contributed by atoms with Gasteiger partial charge in [-0.15, -0.1) is 0 Å². The fourth-order valence-corrected chi connectivity index (χ4v) is 3.94. The fourth-order valence-electron chi connectivity index (χ4n) is 2.64. The van der Waals surface area contributed by atoms with Crippen molar-refractivity contribution in [3.8, 4) is 5.88 Å². The third-order valence-corrected chi connectivity index (χ3v) is 5.54. The molecular weight excluding hydrogens is 402 g/mol. The van der Waals surface area contributed by atoms with Crippen LogP contribution in [0.5, 0.6) is 5.88 Å². The summed E-state index contributed by atoms with van der Waals surface area (Å²) in [7, 11) is 0. The second-order valence-electron chi connectivity index (χ2n) is 5.71. The smallest absolute Gasteiger partial charge is 0.270 e. The van der Waals surface area contributed by atoms with E-state index >= 15 is 0 Å². The molecule has 0 saturated heterocycles. The van der Waals surface area contributed by atoms with Gasteiger partial charge in [-0.1, -0.05) is 41.1 Å². The molecule has 2 heterocycles. The molecule has 1 aromatic heterocycles. The molecule has 4 rings (SSSR count). The van der Waals surface area contributed by atoms with E-state index in [4.69, 9.17) is 23.8 Å². The second kappa shape index (κ2) is 7.11. The Morgan fingerprint density at radius 1 is 1.22 bits per heavy atom. The number of halogens is 1. The molecule has 1 aliphatic heterocycles. The van der Waals surface area contributed by atoms with Gasteiger partial charge in [0.2, 0.25) is 5.88 Å². The number of aromatic nitrogens is 1. The van der Waals surface area contributed by atoms with Gasteiger partial charge in [-0.05, 0) is 48.6 Å². The first-order valence-corrected chi connectivity index (χ1v) is 9.50. The van der Waals surface area contributed by atoms with Gasteiger partial charge in [-0.2, -0.15) is 4.68 Å². The molecule has 0 spiro atoms. The number of hydrogen-bond acceptors (Lipinski definition) is 5. The Balaban J connectivity index is 1.64. The van der Waals surface area contributed by atoms with Crippen LogP contribution in [0.2, 0.25) is 5.02 Å². The van der Waals surface area contributed by atoms with Crippen molar-refractivity contribution in [2.75, 3.05) is 5.43 Å². The molecule has 1 aliphatic rings. The summed E-state index contributed by atoms with van der Waals surface area (Å²) in [5, 5.41) is 11.1. The normalized spacial score (nSPS) is 13.7. The number of amides is 1. The minimum absolute atomic E-state index is 0.127. The number of hydrogen-bond donors (Lipinski definition) is 2. The highest BCUT2D eigenvalue weighted by Crippen LogP contribution is 2.35. The Kier molecular flexibility index (Phi) is 4.65. The van der Waals surface area contributed by atoms with Crippen molar-refractivity contribution in [1.29, 1.82) is 0 Å². The van der Waals surface area contributed by atoms with E-state index in [0.717, 1.165) is 16.8 Å². The maximum Gasteiger partial charge on any atom is 0.270 e. The van der Waals surface area contributed by atoms with Crippen LogP contribution in [0.15, 0.2) is 53.5 Å². The number of thiazole rings is 1. The van der Waals surface area contributed by atoms with Crippen molar-refractivity contribution in [3.63, 3.8) is 0 Å². The Bertz CT molecular complexity index is 1160. The van der Waals surface area contributed by atoms with E-state index in [9.17, 15) is 9.90 Å². The number of para-hydroxylation sites is 1. The van der Waals surface area contributed by atoms with Crippen molar-refractivity contribution < 1.29 is 9.90 Å². The standard InChI is InChI=1S/C19H12ClN3O2S2/c20-13-7-5-11(6-8-13)17(24)22-23-18(25)16(27-19(23)26)9-12-10-21-15-4-2-1-3-14(12)15/h1-10,25H,(H,22,24)/b12-9+. The van der Waals surface area contributed by atoms with Crippen LogP contribution >= 0.6 is 35.2 Å². The van der Waals surface area contributed by atoms with Crippen molar-refractivity contribution in [1.82, 2.24) is 4.68 Å². The number of carbonyl (C=O) groups is 1. The van der Waals surface area contributed by atoms with Crippen molar-refractivity contribution in [2.24, 2.45) is 4.99 Å². The van der Waals surface area contributed by atoms with Crippen LogP contribution in [-0.4, -0.2) is 21.9 Å². The lowest BCUT2D eigenvalue weighted by atomic mass is 10.1. The zero-order valence-corrected chi connectivity index (χ0v) is 16.1. The molecule has 0 radical (unpaired) electrons. The number of benzene rings is 2. The van der Waals surface area contributed by atoms with Gasteiger partial charge >= 0.3 is 0 Å². The Labute approximate surface area is 168 Å². The van der Waals surface area contributed by atoms with Gasteiger partial charge in [0.05, 0.1) is 10.6 Å². The molecule has 0 unspecified atom stereocenters. The van der Waals surface area contributed by atoms with Gasteiger partial charge in [0.15, 0.2) is 3.95 Å². The molecule has 2 aromatic carbocycles. The highest BCUT2D eigenvalue weighted by atomic mass is 35.5. The zero-order valence-electron chi connectivity index (χ0n) is 13.7. The number of rotatable bonds is 3. The first-order chi connectivity index (χ1) is 13.0. The fraction of sp³-hybridized carbons (Fsp3) is 0. The molecule has 0 atom stereocenters. The molecule has 1 amide bonds. The first-order valence-electron chi connectivity index (χ1n) is 7.90. The molecule has 0 bridgehead atoms. The summed E-state index contributed by atoms with van der Waals surface area (Å²) in [5.74, 6) is -0.527. The maximum atomic E-state index is 12.4. The molecule has 0 aliphatic carbocycles. The van der Waals surface area contributed by atoms with Gasteiger partial charge < -0.3 is 5.11 Å². The van der Waals surface area contributed by atoms with Crippen LogP contribution in [0.4, 0.5) is 5.69 Å². The van der Waals surface area contributed by atoms with Gasteiger partial charge in [-0.3, -0.25) is 15.2 Å². The molecule has 2 N–H and O–H groups in total. The van der Waals surface area contributed by atoms with E-state index < -0.39 is 5.91 Å². The third-order valence-electron chi connectivity index (χ3n) is 3.98. The summed E-state index contributed by atoms with van der Waals surface area (Å²) in [4.78, 5) is 17.3. The number of allylic oxidation sites excluding steroid dienone is 1. The number of fused-ring (bicyclic) bond motifs is 1. The number of nitrogens with zero attached hydrogens (tertiary/aromatic N) is 2. The Hall–Kier alpha value is -2.74. The van der Waals surface area contributed by atoms with E-state index in [1.54, 1.807) is 36.6 Å². The highest BCUT2D eigenvalue weighted by Gasteiger charge is 2.17.